The molecule has 1 atom stereocenters. The molecule has 0 heterocycles. The minimum absolute atomic E-state index is 0.0414. The average molecular weight is 272 g/mol. The Kier molecular flexibility index (Phi) is 6.54. The first kappa shape index (κ1) is 14.8. The highest BCUT2D eigenvalue weighted by atomic mass is 35.5. The second-order valence-electron chi connectivity index (χ2n) is 3.91. The van der Waals surface area contributed by atoms with Crippen LogP contribution in [0.4, 0.5) is 0 Å². The van der Waals surface area contributed by atoms with Crippen molar-refractivity contribution in [3.8, 4) is 5.75 Å². The number of carbonyl (C=O) groups is 1. The number of hydrogen-bond acceptors (Lipinski definition) is 3. The van der Waals surface area contributed by atoms with E-state index in [2.05, 4.69) is 5.32 Å². The van der Waals surface area contributed by atoms with Gasteiger partial charge in [0.1, 0.15) is 5.75 Å². The zero-order valence-electron chi connectivity index (χ0n) is 10.4. The molecule has 2 N–H and O–H groups in total. The van der Waals surface area contributed by atoms with Crippen molar-refractivity contribution in [2.75, 3.05) is 13.2 Å². The highest BCUT2D eigenvalue weighted by Crippen LogP contribution is 2.15. The van der Waals surface area contributed by atoms with E-state index in [1.165, 1.54) is 0 Å². The standard InChI is InChI=1S/C13H18ClNO3/c1-2-11(9-16)15-13(17)7-8-18-12-5-3-10(14)4-6-12/h3-6,11,16H,2,7-9H2,1H3,(H,15,17). The van der Waals surface area contributed by atoms with E-state index in [-0.39, 0.29) is 25.0 Å². The van der Waals surface area contributed by atoms with Gasteiger partial charge < -0.3 is 15.2 Å². The normalized spacial score (nSPS) is 11.9. The lowest BCUT2D eigenvalue weighted by molar-refractivity contribution is -0.122. The summed E-state index contributed by atoms with van der Waals surface area (Å²) >= 11 is 5.74. The second-order valence-corrected chi connectivity index (χ2v) is 4.34. The van der Waals surface area contributed by atoms with E-state index in [1.54, 1.807) is 24.3 Å². The van der Waals surface area contributed by atoms with E-state index < -0.39 is 0 Å². The lowest BCUT2D eigenvalue weighted by Gasteiger charge is -2.14. The molecule has 18 heavy (non-hydrogen) atoms. The summed E-state index contributed by atoms with van der Waals surface area (Å²) in [5, 5.41) is 12.3. The highest BCUT2D eigenvalue weighted by Gasteiger charge is 2.08. The van der Waals surface area contributed by atoms with Crippen LogP contribution in [-0.2, 0) is 4.79 Å². The molecule has 1 amide bonds. The molecule has 0 saturated heterocycles. The summed E-state index contributed by atoms with van der Waals surface area (Å²) < 4.78 is 5.40. The predicted molar refractivity (Wildman–Crippen MR) is 70.9 cm³/mol. The van der Waals surface area contributed by atoms with Gasteiger partial charge in [-0.25, -0.2) is 0 Å². The Morgan fingerprint density at radius 2 is 2.11 bits per heavy atom. The molecule has 4 nitrogen and oxygen atoms in total. The predicted octanol–water partition coefficient (Wildman–Crippen LogP) is 2.00. The SMILES string of the molecule is CCC(CO)NC(=O)CCOc1ccc(Cl)cc1. The van der Waals surface area contributed by atoms with Gasteiger partial charge in [-0.15, -0.1) is 0 Å². The molecule has 0 saturated carbocycles. The summed E-state index contributed by atoms with van der Waals surface area (Å²) in [5.74, 6) is 0.561. The Balaban J connectivity index is 2.25. The molecule has 0 spiro atoms. The van der Waals surface area contributed by atoms with Crippen LogP contribution in [0.15, 0.2) is 24.3 Å². The second kappa shape index (κ2) is 7.95. The van der Waals surface area contributed by atoms with Crippen LogP contribution in [0.2, 0.25) is 5.02 Å². The van der Waals surface area contributed by atoms with Crippen LogP contribution in [0.3, 0.4) is 0 Å². The topological polar surface area (TPSA) is 58.6 Å². The molecule has 0 bridgehead atoms. The third-order valence-electron chi connectivity index (χ3n) is 2.49. The van der Waals surface area contributed by atoms with E-state index in [9.17, 15) is 4.79 Å². The van der Waals surface area contributed by atoms with Crippen LogP contribution in [-0.4, -0.2) is 30.3 Å². The zero-order valence-corrected chi connectivity index (χ0v) is 11.1. The van der Waals surface area contributed by atoms with Crippen molar-refractivity contribution in [3.63, 3.8) is 0 Å². The number of aliphatic hydroxyl groups is 1. The maximum absolute atomic E-state index is 11.5. The van der Waals surface area contributed by atoms with Gasteiger partial charge in [-0.05, 0) is 30.7 Å². The molecule has 0 radical (unpaired) electrons. The summed E-state index contributed by atoms with van der Waals surface area (Å²) in [6, 6.07) is 6.80. The average Bonchev–Trinajstić information content (AvgIpc) is 2.38. The number of nitrogens with one attached hydrogen (secondary N) is 1. The maximum atomic E-state index is 11.5. The minimum atomic E-state index is -0.173. The first-order chi connectivity index (χ1) is 8.65. The molecular weight excluding hydrogens is 254 g/mol. The van der Waals surface area contributed by atoms with Gasteiger partial charge in [-0.3, -0.25) is 4.79 Å². The van der Waals surface area contributed by atoms with Gasteiger partial charge >= 0.3 is 0 Å². The summed E-state index contributed by atoms with van der Waals surface area (Å²) in [6.07, 6.45) is 0.972. The van der Waals surface area contributed by atoms with Crippen LogP contribution in [0.25, 0.3) is 0 Å². The molecule has 5 heteroatoms. The molecule has 0 aliphatic heterocycles. The van der Waals surface area contributed by atoms with Crippen LogP contribution < -0.4 is 10.1 Å². The number of benzene rings is 1. The Morgan fingerprint density at radius 3 is 2.67 bits per heavy atom. The Bertz CT molecular complexity index is 363. The number of ether oxygens (including phenoxy) is 1. The van der Waals surface area contributed by atoms with Crippen LogP contribution in [0, 0.1) is 0 Å². The monoisotopic (exact) mass is 271 g/mol. The third kappa shape index (κ3) is 5.38. The summed E-state index contributed by atoms with van der Waals surface area (Å²) in [5.41, 5.74) is 0. The van der Waals surface area contributed by atoms with Crippen LogP contribution >= 0.6 is 11.6 Å². The van der Waals surface area contributed by atoms with Gasteiger partial charge in [-0.2, -0.15) is 0 Å². The molecule has 1 unspecified atom stereocenters. The van der Waals surface area contributed by atoms with E-state index in [4.69, 9.17) is 21.4 Å². The van der Waals surface area contributed by atoms with E-state index in [0.717, 1.165) is 0 Å². The quantitative estimate of drug-likeness (QED) is 0.797. The fourth-order valence-corrected chi connectivity index (χ4v) is 1.50. The summed E-state index contributed by atoms with van der Waals surface area (Å²) in [6.45, 7) is 2.17. The molecule has 1 rings (SSSR count). The maximum Gasteiger partial charge on any atom is 0.223 e. The van der Waals surface area contributed by atoms with E-state index in [1.807, 2.05) is 6.92 Å². The van der Waals surface area contributed by atoms with Gasteiger partial charge in [0, 0.05) is 5.02 Å². The number of aliphatic hydroxyl groups excluding tert-OH is 1. The first-order valence-electron chi connectivity index (χ1n) is 5.94. The van der Waals surface area contributed by atoms with Crippen molar-refractivity contribution < 1.29 is 14.6 Å². The summed E-state index contributed by atoms with van der Waals surface area (Å²) in [4.78, 5) is 11.5. The number of amides is 1. The highest BCUT2D eigenvalue weighted by molar-refractivity contribution is 6.30. The number of halogens is 1. The molecule has 100 valence electrons. The van der Waals surface area contributed by atoms with Gasteiger partial charge in [0.2, 0.25) is 5.91 Å². The van der Waals surface area contributed by atoms with Crippen LogP contribution in [0.1, 0.15) is 19.8 Å². The molecular formula is C13H18ClNO3. The number of rotatable bonds is 7. The van der Waals surface area contributed by atoms with Gasteiger partial charge in [-0.1, -0.05) is 18.5 Å². The fourth-order valence-electron chi connectivity index (χ4n) is 1.37. The van der Waals surface area contributed by atoms with E-state index >= 15 is 0 Å². The smallest absolute Gasteiger partial charge is 0.223 e. The Morgan fingerprint density at radius 1 is 1.44 bits per heavy atom. The van der Waals surface area contributed by atoms with Gasteiger partial charge in [0.05, 0.1) is 25.7 Å². The molecule has 0 aliphatic rings. The lowest BCUT2D eigenvalue weighted by atomic mass is 10.2. The largest absolute Gasteiger partial charge is 0.493 e. The van der Waals surface area contributed by atoms with Crippen molar-refractivity contribution in [2.24, 2.45) is 0 Å². The fraction of sp³-hybridized carbons (Fsp3) is 0.462. The molecule has 1 aromatic rings. The number of hydrogen-bond donors (Lipinski definition) is 2. The van der Waals surface area contributed by atoms with Crippen LogP contribution in [0.5, 0.6) is 5.75 Å². The van der Waals surface area contributed by atoms with Gasteiger partial charge in [0.25, 0.3) is 0 Å². The number of carbonyl (C=O) groups excluding carboxylic acids is 1. The lowest BCUT2D eigenvalue weighted by Crippen LogP contribution is -2.37. The van der Waals surface area contributed by atoms with Crippen molar-refractivity contribution in [1.82, 2.24) is 5.32 Å². The van der Waals surface area contributed by atoms with Gasteiger partial charge in [0.15, 0.2) is 0 Å². The molecule has 0 aromatic heterocycles. The third-order valence-corrected chi connectivity index (χ3v) is 2.74. The van der Waals surface area contributed by atoms with Crippen molar-refractivity contribution in [2.45, 2.75) is 25.8 Å². The Hall–Kier alpha value is -1.26. The van der Waals surface area contributed by atoms with E-state index in [0.29, 0.717) is 23.8 Å². The van der Waals surface area contributed by atoms with Crippen molar-refractivity contribution >= 4 is 17.5 Å². The van der Waals surface area contributed by atoms with Crippen molar-refractivity contribution in [3.05, 3.63) is 29.3 Å². The minimum Gasteiger partial charge on any atom is -0.493 e. The molecule has 0 fully saturated rings. The summed E-state index contributed by atoms with van der Waals surface area (Å²) in [7, 11) is 0. The molecule has 1 aromatic carbocycles. The zero-order chi connectivity index (χ0) is 13.4. The van der Waals surface area contributed by atoms with Crippen molar-refractivity contribution in [1.29, 1.82) is 0 Å². The molecule has 0 aliphatic carbocycles. The Labute approximate surface area is 112 Å². The first-order valence-corrected chi connectivity index (χ1v) is 6.32.